The summed E-state index contributed by atoms with van der Waals surface area (Å²) in [7, 11) is 0. The van der Waals surface area contributed by atoms with Gasteiger partial charge in [0.1, 0.15) is 17.6 Å². The number of hydrogen-bond acceptors (Lipinski definition) is 6. The first kappa shape index (κ1) is 22.2. The van der Waals surface area contributed by atoms with E-state index in [0.717, 1.165) is 5.56 Å². The summed E-state index contributed by atoms with van der Waals surface area (Å²) < 4.78 is 11.3. The third-order valence-electron chi connectivity index (χ3n) is 5.48. The molecule has 1 saturated carbocycles. The van der Waals surface area contributed by atoms with Crippen LogP contribution in [0.15, 0.2) is 48.6 Å². The highest BCUT2D eigenvalue weighted by Gasteiger charge is 2.39. The summed E-state index contributed by atoms with van der Waals surface area (Å²) in [5.74, 6) is -0.931. The van der Waals surface area contributed by atoms with Crippen LogP contribution in [0.2, 0.25) is 0 Å². The fourth-order valence-electron chi connectivity index (χ4n) is 3.83. The standard InChI is InChI=1S/C23H28O7/c24-18(23-29-14-15-7-5-6-9-21(15)30-23)12-11-17-16(19(25)13-20(17)26)8-3-1-2-4-10-22(27)28/h1,3,5-7,9,11-12,16-18,20,23-24,26H,2,4,8,10,13-14H2,(H,27,28)/b3-1-,12-11+/t16-,17-,18+,20-,23?/m1/s1. The molecule has 0 aromatic heterocycles. The lowest BCUT2D eigenvalue weighted by molar-refractivity contribution is -0.152. The van der Waals surface area contributed by atoms with Gasteiger partial charge in [-0.3, -0.25) is 9.59 Å². The number of aliphatic carboxylic acids is 1. The van der Waals surface area contributed by atoms with E-state index in [0.29, 0.717) is 31.6 Å². The fraction of sp³-hybridized carbons (Fsp3) is 0.478. The van der Waals surface area contributed by atoms with E-state index in [-0.39, 0.29) is 24.5 Å². The number of allylic oxidation sites excluding steroid dienone is 2. The lowest BCUT2D eigenvalue weighted by atomic mass is 9.90. The highest BCUT2D eigenvalue weighted by atomic mass is 16.7. The van der Waals surface area contributed by atoms with Crippen LogP contribution in [0.3, 0.4) is 0 Å². The lowest BCUT2D eigenvalue weighted by Crippen LogP contribution is -2.36. The Bertz CT molecular complexity index is 800. The molecule has 1 aliphatic carbocycles. The lowest BCUT2D eigenvalue weighted by Gasteiger charge is -2.28. The fourth-order valence-corrected chi connectivity index (χ4v) is 3.83. The summed E-state index contributed by atoms with van der Waals surface area (Å²) in [6, 6.07) is 7.46. The average molecular weight is 416 g/mol. The summed E-state index contributed by atoms with van der Waals surface area (Å²) in [6.45, 7) is 0.339. The van der Waals surface area contributed by atoms with Crippen LogP contribution >= 0.6 is 0 Å². The van der Waals surface area contributed by atoms with E-state index in [9.17, 15) is 19.8 Å². The molecule has 0 amide bonds. The van der Waals surface area contributed by atoms with E-state index in [1.165, 1.54) is 6.08 Å². The van der Waals surface area contributed by atoms with E-state index in [2.05, 4.69) is 0 Å². The Hall–Kier alpha value is -2.48. The highest BCUT2D eigenvalue weighted by Crippen LogP contribution is 2.34. The van der Waals surface area contributed by atoms with E-state index < -0.39 is 30.4 Å². The zero-order chi connectivity index (χ0) is 21.5. The summed E-state index contributed by atoms with van der Waals surface area (Å²) in [5, 5.41) is 29.4. The molecular formula is C23H28O7. The van der Waals surface area contributed by atoms with Crippen LogP contribution in [-0.4, -0.2) is 45.6 Å². The molecule has 0 radical (unpaired) electrons. The van der Waals surface area contributed by atoms with Crippen molar-refractivity contribution in [1.29, 1.82) is 0 Å². The van der Waals surface area contributed by atoms with Gasteiger partial charge in [0.05, 0.1) is 12.7 Å². The second-order valence-corrected chi connectivity index (χ2v) is 7.70. The maximum Gasteiger partial charge on any atom is 0.303 e. The van der Waals surface area contributed by atoms with Gasteiger partial charge in [-0.05, 0) is 25.3 Å². The SMILES string of the molecule is O=C(O)CCC/C=C\C[C@H]1C(=O)C[C@@H](O)[C@@H]1/C=C/[C@H](O)C1OCc2ccccc2O1. The molecule has 0 bridgehead atoms. The predicted octanol–water partition coefficient (Wildman–Crippen LogP) is 2.61. The first-order chi connectivity index (χ1) is 14.5. The number of rotatable bonds is 9. The number of para-hydroxylation sites is 1. The van der Waals surface area contributed by atoms with Crippen molar-refractivity contribution in [2.24, 2.45) is 11.8 Å². The minimum atomic E-state index is -1.03. The Morgan fingerprint density at radius 3 is 2.87 bits per heavy atom. The largest absolute Gasteiger partial charge is 0.481 e. The average Bonchev–Trinajstić information content (AvgIpc) is 3.00. The minimum absolute atomic E-state index is 0.0130. The maximum absolute atomic E-state index is 12.3. The predicted molar refractivity (Wildman–Crippen MR) is 109 cm³/mol. The first-order valence-electron chi connectivity index (χ1n) is 10.3. The van der Waals surface area contributed by atoms with Gasteiger partial charge in [0, 0.05) is 30.2 Å². The van der Waals surface area contributed by atoms with E-state index in [1.807, 2.05) is 36.4 Å². The van der Waals surface area contributed by atoms with Crippen LogP contribution in [0.1, 0.15) is 37.7 Å². The third kappa shape index (κ3) is 5.78. The zero-order valence-corrected chi connectivity index (χ0v) is 16.7. The zero-order valence-electron chi connectivity index (χ0n) is 16.7. The van der Waals surface area contributed by atoms with Crippen molar-refractivity contribution in [3.63, 3.8) is 0 Å². The van der Waals surface area contributed by atoms with Gasteiger partial charge >= 0.3 is 5.97 Å². The number of Topliss-reactive ketones (excluding diaryl/α,β-unsaturated/α-hetero) is 1. The summed E-state index contributed by atoms with van der Waals surface area (Å²) in [6.07, 6.45) is 6.12. The Labute approximate surface area is 175 Å². The number of aliphatic hydroxyl groups is 2. The van der Waals surface area contributed by atoms with Crippen molar-refractivity contribution >= 4 is 11.8 Å². The molecule has 2 aliphatic rings. The summed E-state index contributed by atoms with van der Waals surface area (Å²) >= 11 is 0. The van der Waals surface area contributed by atoms with Crippen LogP contribution < -0.4 is 4.74 Å². The monoisotopic (exact) mass is 416 g/mol. The van der Waals surface area contributed by atoms with Gasteiger partial charge in [-0.2, -0.15) is 0 Å². The van der Waals surface area contributed by atoms with Crippen LogP contribution in [-0.2, 0) is 20.9 Å². The second kappa shape index (κ2) is 10.5. The molecule has 1 aliphatic heterocycles. The molecule has 0 saturated heterocycles. The molecule has 3 N–H and O–H groups in total. The van der Waals surface area contributed by atoms with Gasteiger partial charge in [0.15, 0.2) is 0 Å². The molecule has 3 rings (SSSR count). The Kier molecular flexibility index (Phi) is 7.79. The number of hydrogen-bond donors (Lipinski definition) is 3. The van der Waals surface area contributed by atoms with Crippen molar-refractivity contribution in [3.05, 3.63) is 54.1 Å². The summed E-state index contributed by atoms with van der Waals surface area (Å²) in [5.41, 5.74) is 0.914. The van der Waals surface area contributed by atoms with Crippen LogP contribution in [0.4, 0.5) is 0 Å². The van der Waals surface area contributed by atoms with Gasteiger partial charge in [0.2, 0.25) is 6.29 Å². The van der Waals surface area contributed by atoms with Crippen molar-refractivity contribution < 1.29 is 34.4 Å². The van der Waals surface area contributed by atoms with Crippen molar-refractivity contribution in [3.8, 4) is 5.75 Å². The van der Waals surface area contributed by atoms with E-state index in [1.54, 1.807) is 6.08 Å². The van der Waals surface area contributed by atoms with Crippen LogP contribution in [0, 0.1) is 11.8 Å². The first-order valence-corrected chi connectivity index (χ1v) is 10.3. The molecule has 162 valence electrons. The topological polar surface area (TPSA) is 113 Å². The van der Waals surface area contributed by atoms with Crippen molar-refractivity contribution in [2.75, 3.05) is 0 Å². The quantitative estimate of drug-likeness (QED) is 0.419. The van der Waals surface area contributed by atoms with Crippen molar-refractivity contribution in [2.45, 2.75) is 57.2 Å². The number of ketones is 1. The number of aliphatic hydroxyl groups excluding tert-OH is 2. The molecule has 7 nitrogen and oxygen atoms in total. The molecular weight excluding hydrogens is 388 g/mol. The number of benzene rings is 1. The van der Waals surface area contributed by atoms with E-state index in [4.69, 9.17) is 14.6 Å². The number of fused-ring (bicyclic) bond motifs is 1. The molecule has 7 heteroatoms. The minimum Gasteiger partial charge on any atom is -0.481 e. The van der Waals surface area contributed by atoms with Crippen molar-refractivity contribution in [1.82, 2.24) is 0 Å². The van der Waals surface area contributed by atoms with Gasteiger partial charge in [0.25, 0.3) is 0 Å². The molecule has 1 fully saturated rings. The Morgan fingerprint density at radius 1 is 1.27 bits per heavy atom. The number of carbonyl (C=O) groups excluding carboxylic acids is 1. The molecule has 0 spiro atoms. The molecule has 1 aromatic carbocycles. The Balaban J connectivity index is 1.55. The molecule has 30 heavy (non-hydrogen) atoms. The molecule has 1 heterocycles. The van der Waals surface area contributed by atoms with Crippen LogP contribution in [0.5, 0.6) is 5.75 Å². The Morgan fingerprint density at radius 2 is 2.07 bits per heavy atom. The molecule has 1 aromatic rings. The molecule has 5 atom stereocenters. The van der Waals surface area contributed by atoms with Gasteiger partial charge < -0.3 is 24.8 Å². The highest BCUT2D eigenvalue weighted by molar-refractivity contribution is 5.84. The number of carboxylic acids is 1. The summed E-state index contributed by atoms with van der Waals surface area (Å²) in [4.78, 5) is 22.8. The van der Waals surface area contributed by atoms with Gasteiger partial charge in [-0.25, -0.2) is 0 Å². The normalized spacial score (nSPS) is 27.3. The molecule has 1 unspecified atom stereocenters. The van der Waals surface area contributed by atoms with Gasteiger partial charge in [-0.15, -0.1) is 0 Å². The number of carboxylic acid groups (broad SMARTS) is 1. The number of unbranched alkanes of at least 4 members (excludes halogenated alkanes) is 1. The van der Waals surface area contributed by atoms with Crippen LogP contribution in [0.25, 0.3) is 0 Å². The smallest absolute Gasteiger partial charge is 0.303 e. The maximum atomic E-state index is 12.3. The van der Waals surface area contributed by atoms with Gasteiger partial charge in [-0.1, -0.05) is 42.5 Å². The number of carbonyl (C=O) groups is 2. The van der Waals surface area contributed by atoms with E-state index >= 15 is 0 Å². The second-order valence-electron chi connectivity index (χ2n) is 7.70. The third-order valence-corrected chi connectivity index (χ3v) is 5.48. The number of ether oxygens (including phenoxy) is 2.